The van der Waals surface area contributed by atoms with Crippen molar-refractivity contribution in [3.05, 3.63) is 50.0 Å². The molecule has 20 heavy (non-hydrogen) atoms. The molecule has 0 atom stereocenters. The maximum absolute atomic E-state index is 12.3. The Balaban J connectivity index is 2.32. The second kappa shape index (κ2) is 6.45. The molecule has 0 aliphatic heterocycles. The largest absolute Gasteiger partial charge is 0.495 e. The first-order chi connectivity index (χ1) is 9.51. The van der Waals surface area contributed by atoms with Gasteiger partial charge in [-0.3, -0.25) is 4.79 Å². The van der Waals surface area contributed by atoms with Crippen molar-refractivity contribution in [2.24, 2.45) is 0 Å². The molecule has 104 valence electrons. The third-order valence-electron chi connectivity index (χ3n) is 2.64. The highest BCUT2D eigenvalue weighted by Gasteiger charge is 2.13. The minimum atomic E-state index is -0.223. The van der Waals surface area contributed by atoms with Gasteiger partial charge in [0.25, 0.3) is 5.91 Å². The lowest BCUT2D eigenvalue weighted by molar-refractivity contribution is 0.102. The first kappa shape index (κ1) is 15.1. The van der Waals surface area contributed by atoms with Crippen LogP contribution in [0.4, 0.5) is 11.4 Å². The van der Waals surface area contributed by atoms with Gasteiger partial charge in [0.05, 0.1) is 18.4 Å². The average Bonchev–Trinajstić information content (AvgIpc) is 2.41. The predicted octanol–water partition coefficient (Wildman–Crippen LogP) is 3.90. The highest BCUT2D eigenvalue weighted by molar-refractivity contribution is 14.1. The molecule has 0 unspecified atom stereocenters. The van der Waals surface area contributed by atoms with Crippen LogP contribution in [0.1, 0.15) is 10.4 Å². The van der Waals surface area contributed by atoms with Gasteiger partial charge in [0, 0.05) is 13.7 Å². The normalized spacial score (nSPS) is 10.2. The lowest BCUT2D eigenvalue weighted by Gasteiger charge is -2.12. The zero-order chi connectivity index (χ0) is 14.7. The van der Waals surface area contributed by atoms with E-state index in [2.05, 4.69) is 43.8 Å². The van der Waals surface area contributed by atoms with Gasteiger partial charge in [0.15, 0.2) is 0 Å². The number of rotatable bonds is 3. The molecule has 0 bridgehead atoms. The highest BCUT2D eigenvalue weighted by atomic mass is 127. The Hall–Kier alpha value is -1.28. The van der Waals surface area contributed by atoms with E-state index in [1.54, 1.807) is 31.4 Å². The van der Waals surface area contributed by atoms with Crippen LogP contribution in [-0.2, 0) is 0 Å². The number of nitrogens with one attached hydrogen (secondary N) is 1. The van der Waals surface area contributed by atoms with E-state index in [-0.39, 0.29) is 5.91 Å². The van der Waals surface area contributed by atoms with Crippen molar-refractivity contribution in [3.63, 3.8) is 0 Å². The summed E-state index contributed by atoms with van der Waals surface area (Å²) in [6, 6.07) is 10.7. The molecule has 0 saturated heterocycles. The lowest BCUT2D eigenvalue weighted by Crippen LogP contribution is -2.13. The van der Waals surface area contributed by atoms with Gasteiger partial charge in [-0.2, -0.15) is 0 Å². The summed E-state index contributed by atoms with van der Waals surface area (Å²) in [6.45, 7) is 0. The number of halogens is 2. The topological polar surface area (TPSA) is 64.3 Å². The molecule has 0 saturated carbocycles. The number of carbonyl (C=O) groups is 1. The second-order valence-corrected chi connectivity index (χ2v) is 6.14. The average molecular weight is 447 g/mol. The summed E-state index contributed by atoms with van der Waals surface area (Å²) in [6.07, 6.45) is 0. The van der Waals surface area contributed by atoms with E-state index in [4.69, 9.17) is 10.5 Å². The molecular weight excluding hydrogens is 435 g/mol. The van der Waals surface area contributed by atoms with Crippen LogP contribution in [-0.4, -0.2) is 13.0 Å². The number of amides is 1. The van der Waals surface area contributed by atoms with Crippen LogP contribution in [0.2, 0.25) is 0 Å². The molecule has 3 N–H and O–H groups in total. The van der Waals surface area contributed by atoms with Crippen LogP contribution in [0, 0.1) is 3.57 Å². The maximum Gasteiger partial charge on any atom is 0.256 e. The molecule has 0 aliphatic carbocycles. The van der Waals surface area contributed by atoms with Crippen LogP contribution in [0.15, 0.2) is 40.9 Å². The number of hydrogen-bond acceptors (Lipinski definition) is 3. The predicted molar refractivity (Wildman–Crippen MR) is 92.2 cm³/mol. The molecule has 6 heteroatoms. The fourth-order valence-electron chi connectivity index (χ4n) is 1.68. The number of hydrogen-bond donors (Lipinski definition) is 2. The molecule has 0 heterocycles. The van der Waals surface area contributed by atoms with Crippen molar-refractivity contribution in [3.8, 4) is 5.75 Å². The van der Waals surface area contributed by atoms with E-state index in [9.17, 15) is 4.79 Å². The second-order valence-electron chi connectivity index (χ2n) is 4.04. The Morgan fingerprint density at radius 3 is 2.75 bits per heavy atom. The van der Waals surface area contributed by atoms with Gasteiger partial charge in [-0.25, -0.2) is 0 Å². The van der Waals surface area contributed by atoms with E-state index in [1.807, 2.05) is 12.1 Å². The number of nitrogens with two attached hydrogens (primary N) is 1. The van der Waals surface area contributed by atoms with Crippen molar-refractivity contribution >= 4 is 55.8 Å². The number of anilines is 2. The molecule has 2 rings (SSSR count). The Morgan fingerprint density at radius 1 is 1.30 bits per heavy atom. The summed E-state index contributed by atoms with van der Waals surface area (Å²) < 4.78 is 6.92. The number of methoxy groups -OCH3 is 1. The molecule has 0 fully saturated rings. The third kappa shape index (κ3) is 3.43. The molecule has 2 aromatic carbocycles. The van der Waals surface area contributed by atoms with Crippen LogP contribution in [0.3, 0.4) is 0 Å². The molecule has 2 aromatic rings. The Labute approximate surface area is 139 Å². The van der Waals surface area contributed by atoms with Gasteiger partial charge >= 0.3 is 0 Å². The van der Waals surface area contributed by atoms with Crippen molar-refractivity contribution in [1.82, 2.24) is 0 Å². The monoisotopic (exact) mass is 446 g/mol. The van der Waals surface area contributed by atoms with Gasteiger partial charge < -0.3 is 15.8 Å². The minimum Gasteiger partial charge on any atom is -0.495 e. The Bertz CT molecular complexity index is 662. The van der Waals surface area contributed by atoms with Crippen molar-refractivity contribution < 1.29 is 9.53 Å². The van der Waals surface area contributed by atoms with E-state index >= 15 is 0 Å². The summed E-state index contributed by atoms with van der Waals surface area (Å²) in [7, 11) is 1.54. The summed E-state index contributed by atoms with van der Waals surface area (Å²) >= 11 is 5.53. The van der Waals surface area contributed by atoms with Crippen LogP contribution < -0.4 is 15.8 Å². The minimum absolute atomic E-state index is 0.223. The van der Waals surface area contributed by atoms with Gasteiger partial charge in [-0.1, -0.05) is 0 Å². The van der Waals surface area contributed by atoms with Crippen molar-refractivity contribution in [1.29, 1.82) is 0 Å². The van der Waals surface area contributed by atoms with Crippen molar-refractivity contribution in [2.75, 3.05) is 18.2 Å². The first-order valence-corrected chi connectivity index (χ1v) is 7.58. The number of benzene rings is 2. The number of carbonyl (C=O) groups excluding carboxylic acids is 1. The van der Waals surface area contributed by atoms with Gasteiger partial charge in [0.2, 0.25) is 0 Å². The van der Waals surface area contributed by atoms with E-state index in [0.717, 1.165) is 8.04 Å². The SMILES string of the molecule is COc1ccc(N)cc1NC(=O)c1cc(I)ccc1Br. The van der Waals surface area contributed by atoms with Crippen LogP contribution in [0.5, 0.6) is 5.75 Å². The van der Waals surface area contributed by atoms with Crippen molar-refractivity contribution in [2.45, 2.75) is 0 Å². The van der Waals surface area contributed by atoms with E-state index in [1.165, 1.54) is 0 Å². The Morgan fingerprint density at radius 2 is 2.05 bits per heavy atom. The van der Waals surface area contributed by atoms with Crippen LogP contribution >= 0.6 is 38.5 Å². The fraction of sp³-hybridized carbons (Fsp3) is 0.0714. The molecular formula is C14H12BrIN2O2. The standard InChI is InChI=1S/C14H12BrIN2O2/c1-20-13-5-3-9(17)7-12(13)18-14(19)10-6-8(16)2-4-11(10)15/h2-7H,17H2,1H3,(H,18,19). The van der Waals surface area contributed by atoms with Gasteiger partial charge in [0.1, 0.15) is 5.75 Å². The summed E-state index contributed by atoms with van der Waals surface area (Å²) in [5.74, 6) is 0.341. The zero-order valence-corrected chi connectivity index (χ0v) is 14.4. The first-order valence-electron chi connectivity index (χ1n) is 5.71. The lowest BCUT2D eigenvalue weighted by atomic mass is 10.2. The summed E-state index contributed by atoms with van der Waals surface area (Å²) in [4.78, 5) is 12.3. The molecule has 0 aliphatic rings. The quantitative estimate of drug-likeness (QED) is 0.555. The number of nitrogen functional groups attached to an aromatic ring is 1. The summed E-state index contributed by atoms with van der Waals surface area (Å²) in [5, 5.41) is 2.81. The van der Waals surface area contributed by atoms with Crippen LogP contribution in [0.25, 0.3) is 0 Å². The number of ether oxygens (including phenoxy) is 1. The molecule has 0 radical (unpaired) electrons. The summed E-state index contributed by atoms with van der Waals surface area (Å²) in [5.41, 5.74) is 7.39. The fourth-order valence-corrected chi connectivity index (χ4v) is 2.60. The highest BCUT2D eigenvalue weighted by Crippen LogP contribution is 2.28. The molecule has 1 amide bonds. The molecule has 0 spiro atoms. The molecule has 0 aromatic heterocycles. The van der Waals surface area contributed by atoms with E-state index in [0.29, 0.717) is 22.7 Å². The van der Waals surface area contributed by atoms with Gasteiger partial charge in [-0.05, 0) is 74.9 Å². The molecule has 4 nitrogen and oxygen atoms in total. The maximum atomic E-state index is 12.3. The smallest absolute Gasteiger partial charge is 0.256 e. The third-order valence-corrected chi connectivity index (χ3v) is 4.01. The van der Waals surface area contributed by atoms with E-state index < -0.39 is 0 Å². The Kier molecular flexibility index (Phi) is 4.87. The van der Waals surface area contributed by atoms with Gasteiger partial charge in [-0.15, -0.1) is 0 Å². The zero-order valence-electron chi connectivity index (χ0n) is 10.6.